The number of likely N-dealkylation sites (N-methyl/N-ethyl adjacent to an activating group) is 1. The van der Waals surface area contributed by atoms with Crippen LogP contribution in [0, 0.1) is 11.3 Å². The second-order valence-electron chi connectivity index (χ2n) is 6.69. The zero-order valence-electron chi connectivity index (χ0n) is 14.7. The monoisotopic (exact) mass is 332 g/mol. The third-order valence-electron chi connectivity index (χ3n) is 3.73. The molecule has 1 amide bonds. The maximum atomic E-state index is 11.6. The molecule has 7 nitrogen and oxygen atoms in total. The first-order valence-electron chi connectivity index (χ1n) is 7.87. The lowest BCUT2D eigenvalue weighted by Crippen LogP contribution is -2.54. The summed E-state index contributed by atoms with van der Waals surface area (Å²) >= 11 is 0. The predicted molar refractivity (Wildman–Crippen MR) is 89.6 cm³/mol. The molecule has 0 radical (unpaired) electrons. The van der Waals surface area contributed by atoms with Gasteiger partial charge in [0.05, 0.1) is 18.3 Å². The van der Waals surface area contributed by atoms with Crippen LogP contribution < -0.4 is 4.90 Å². The van der Waals surface area contributed by atoms with Gasteiger partial charge in [0.2, 0.25) is 5.91 Å². The summed E-state index contributed by atoms with van der Waals surface area (Å²) in [5.74, 6) is -0.0743. The predicted octanol–water partition coefficient (Wildman–Crippen LogP) is 1.04. The number of carbonyl (C=O) groups excluding carboxylic acids is 1. The van der Waals surface area contributed by atoms with Gasteiger partial charge in [-0.25, -0.2) is 4.98 Å². The molecule has 1 aromatic rings. The number of rotatable bonds is 5. The fourth-order valence-electron chi connectivity index (χ4n) is 2.66. The molecular weight excluding hydrogens is 308 g/mol. The molecule has 24 heavy (non-hydrogen) atoms. The summed E-state index contributed by atoms with van der Waals surface area (Å²) in [4.78, 5) is 19.2. The molecule has 0 N–H and O–H groups in total. The third kappa shape index (κ3) is 4.91. The summed E-state index contributed by atoms with van der Waals surface area (Å²) in [6, 6.07) is 5.72. The lowest BCUT2D eigenvalue weighted by Gasteiger charge is -2.43. The molecule has 1 aromatic heterocycles. The van der Waals surface area contributed by atoms with Gasteiger partial charge in [0.25, 0.3) is 0 Å². The summed E-state index contributed by atoms with van der Waals surface area (Å²) in [7, 11) is 3.40. The fourth-order valence-corrected chi connectivity index (χ4v) is 2.66. The van der Waals surface area contributed by atoms with Gasteiger partial charge in [-0.1, -0.05) is 0 Å². The van der Waals surface area contributed by atoms with Crippen LogP contribution in [0.2, 0.25) is 0 Å². The summed E-state index contributed by atoms with van der Waals surface area (Å²) in [6.07, 6.45) is 1.49. The molecule has 0 unspecified atom stereocenters. The summed E-state index contributed by atoms with van der Waals surface area (Å²) < 4.78 is 11.6. The van der Waals surface area contributed by atoms with Gasteiger partial charge in [-0.05, 0) is 26.0 Å². The summed E-state index contributed by atoms with van der Waals surface area (Å²) in [5.41, 5.74) is 0.974. The molecule has 0 saturated carbocycles. The molecule has 0 bridgehead atoms. The van der Waals surface area contributed by atoms with Gasteiger partial charge in [0.15, 0.2) is 0 Å². The highest BCUT2D eigenvalue weighted by Crippen LogP contribution is 2.26. The molecule has 1 saturated heterocycles. The Morgan fingerprint density at radius 1 is 1.58 bits per heavy atom. The van der Waals surface area contributed by atoms with Gasteiger partial charge in [-0.3, -0.25) is 4.79 Å². The van der Waals surface area contributed by atoms with Crippen LogP contribution in [-0.2, 0) is 14.3 Å². The molecule has 1 atom stereocenters. The molecule has 130 valence electrons. The first kappa shape index (κ1) is 18.2. The second-order valence-corrected chi connectivity index (χ2v) is 6.69. The Balaban J connectivity index is 2.01. The van der Waals surface area contributed by atoms with Crippen LogP contribution in [-0.4, -0.2) is 67.9 Å². The number of ether oxygens (including phenoxy) is 2. The molecule has 1 fully saturated rings. The Labute approximate surface area is 142 Å². The number of nitriles is 1. The molecule has 0 aromatic carbocycles. The number of morpholine rings is 1. The van der Waals surface area contributed by atoms with E-state index in [1.807, 2.05) is 19.9 Å². The summed E-state index contributed by atoms with van der Waals surface area (Å²) in [5, 5.41) is 9.02. The van der Waals surface area contributed by atoms with Crippen molar-refractivity contribution in [2.45, 2.75) is 25.6 Å². The quantitative estimate of drug-likeness (QED) is 0.802. The minimum Gasteiger partial charge on any atom is -0.369 e. The molecular formula is C17H24N4O3. The zero-order chi connectivity index (χ0) is 17.7. The second kappa shape index (κ2) is 7.60. The maximum absolute atomic E-state index is 11.6. The van der Waals surface area contributed by atoms with E-state index < -0.39 is 0 Å². The lowest BCUT2D eigenvalue weighted by molar-refractivity contribution is -0.139. The van der Waals surface area contributed by atoms with Crippen molar-refractivity contribution in [1.82, 2.24) is 9.88 Å². The van der Waals surface area contributed by atoms with Crippen molar-refractivity contribution < 1.29 is 14.3 Å². The first-order chi connectivity index (χ1) is 11.3. The van der Waals surface area contributed by atoms with Crippen LogP contribution in [0.3, 0.4) is 0 Å². The Morgan fingerprint density at radius 3 is 3.00 bits per heavy atom. The average molecular weight is 332 g/mol. The van der Waals surface area contributed by atoms with E-state index in [1.54, 1.807) is 26.4 Å². The van der Waals surface area contributed by atoms with Gasteiger partial charge in [0.1, 0.15) is 18.4 Å². The standard InChI is InChI=1S/C17H24N4O3/c1-17(2)12-21(14-5-6-19-13(7-14)8-18)9-15(24-17)10-23-11-16(22)20(3)4/h5-7,15H,9-12H2,1-4H3/t15-/m0/s1. The van der Waals surface area contributed by atoms with E-state index in [2.05, 4.69) is 16.0 Å². The molecule has 7 heteroatoms. The zero-order valence-corrected chi connectivity index (χ0v) is 14.7. The van der Waals surface area contributed by atoms with E-state index in [9.17, 15) is 4.79 Å². The summed E-state index contributed by atoms with van der Waals surface area (Å²) in [6.45, 7) is 5.76. The van der Waals surface area contributed by atoms with E-state index in [4.69, 9.17) is 14.7 Å². The number of pyridine rings is 1. The van der Waals surface area contributed by atoms with E-state index >= 15 is 0 Å². The van der Waals surface area contributed by atoms with Crippen molar-refractivity contribution >= 4 is 11.6 Å². The highest BCUT2D eigenvalue weighted by atomic mass is 16.5. The number of anilines is 1. The van der Waals surface area contributed by atoms with E-state index in [0.717, 1.165) is 5.69 Å². The maximum Gasteiger partial charge on any atom is 0.248 e. The Bertz CT molecular complexity index is 625. The van der Waals surface area contributed by atoms with Crippen molar-refractivity contribution in [2.75, 3.05) is 45.3 Å². The van der Waals surface area contributed by atoms with Gasteiger partial charge < -0.3 is 19.3 Å². The van der Waals surface area contributed by atoms with Crippen LogP contribution in [0.25, 0.3) is 0 Å². The molecule has 2 rings (SSSR count). The number of nitrogens with zero attached hydrogens (tertiary/aromatic N) is 4. The van der Waals surface area contributed by atoms with E-state index in [-0.39, 0.29) is 24.2 Å². The largest absolute Gasteiger partial charge is 0.369 e. The highest BCUT2D eigenvalue weighted by Gasteiger charge is 2.33. The minimum absolute atomic E-state index is 0.0428. The van der Waals surface area contributed by atoms with Crippen molar-refractivity contribution in [1.29, 1.82) is 5.26 Å². The Kier molecular flexibility index (Phi) is 5.75. The van der Waals surface area contributed by atoms with Crippen LogP contribution >= 0.6 is 0 Å². The molecule has 0 aliphatic carbocycles. The normalized spacial score (nSPS) is 19.6. The smallest absolute Gasteiger partial charge is 0.248 e. The van der Waals surface area contributed by atoms with Crippen molar-refractivity contribution in [2.24, 2.45) is 0 Å². The van der Waals surface area contributed by atoms with Crippen LogP contribution in [0.4, 0.5) is 5.69 Å². The van der Waals surface area contributed by atoms with Gasteiger partial charge in [-0.15, -0.1) is 0 Å². The van der Waals surface area contributed by atoms with E-state index in [1.165, 1.54) is 4.90 Å². The van der Waals surface area contributed by atoms with Crippen LogP contribution in [0.1, 0.15) is 19.5 Å². The van der Waals surface area contributed by atoms with Crippen molar-refractivity contribution in [3.8, 4) is 6.07 Å². The number of aromatic nitrogens is 1. The Hall–Kier alpha value is -2.17. The number of amides is 1. The van der Waals surface area contributed by atoms with Crippen LogP contribution in [0.5, 0.6) is 0 Å². The molecule has 0 spiro atoms. The van der Waals surface area contributed by atoms with Gasteiger partial charge in [0, 0.05) is 39.1 Å². The molecule has 1 aliphatic heterocycles. The highest BCUT2D eigenvalue weighted by molar-refractivity contribution is 5.76. The molecule has 2 heterocycles. The number of hydrogen-bond donors (Lipinski definition) is 0. The minimum atomic E-state index is -0.353. The van der Waals surface area contributed by atoms with Gasteiger partial charge >= 0.3 is 0 Å². The number of hydrogen-bond acceptors (Lipinski definition) is 6. The first-order valence-corrected chi connectivity index (χ1v) is 7.87. The molecule has 1 aliphatic rings. The van der Waals surface area contributed by atoms with Crippen molar-refractivity contribution in [3.05, 3.63) is 24.0 Å². The van der Waals surface area contributed by atoms with Crippen molar-refractivity contribution in [3.63, 3.8) is 0 Å². The van der Waals surface area contributed by atoms with E-state index in [0.29, 0.717) is 25.4 Å². The number of carbonyl (C=O) groups is 1. The Morgan fingerprint density at radius 2 is 2.33 bits per heavy atom. The van der Waals surface area contributed by atoms with Gasteiger partial charge in [-0.2, -0.15) is 5.26 Å². The SMILES string of the molecule is CN(C)C(=O)COC[C@@H]1CN(c2ccnc(C#N)c2)CC(C)(C)O1. The topological polar surface area (TPSA) is 78.7 Å². The average Bonchev–Trinajstić information content (AvgIpc) is 2.53. The fraction of sp³-hybridized carbons (Fsp3) is 0.588. The van der Waals surface area contributed by atoms with Crippen LogP contribution in [0.15, 0.2) is 18.3 Å². The third-order valence-corrected chi connectivity index (χ3v) is 3.73. The lowest BCUT2D eigenvalue weighted by atomic mass is 10.0.